The molecule has 0 aliphatic rings. The van der Waals surface area contributed by atoms with Crippen molar-refractivity contribution < 1.29 is 14.3 Å². The fraction of sp³-hybridized carbons (Fsp3) is 0.105. The molecule has 128 valence electrons. The maximum Gasteiger partial charge on any atom is 0.345 e. The monoisotopic (exact) mass is 346 g/mol. The Morgan fingerprint density at radius 1 is 1.23 bits per heavy atom. The number of carbonyl (C=O) groups is 1. The van der Waals surface area contributed by atoms with E-state index < -0.39 is 5.97 Å². The minimum Gasteiger partial charge on any atom is -0.462 e. The molecule has 3 aromatic rings. The van der Waals surface area contributed by atoms with Gasteiger partial charge in [-0.1, -0.05) is 12.1 Å². The van der Waals surface area contributed by atoms with Crippen molar-refractivity contribution in [3.63, 3.8) is 0 Å². The topological polar surface area (TPSA) is 78.6 Å². The molecule has 2 heterocycles. The molecule has 0 fully saturated rings. The number of pyridine rings is 1. The average molecular weight is 346 g/mol. The molecule has 7 heteroatoms. The number of esters is 1. The van der Waals surface area contributed by atoms with Crippen LogP contribution in [0, 0.1) is 6.57 Å². The highest BCUT2D eigenvalue weighted by Gasteiger charge is 2.19. The summed E-state index contributed by atoms with van der Waals surface area (Å²) in [6.45, 7) is 9.02. The lowest BCUT2D eigenvalue weighted by Gasteiger charge is -2.11. The van der Waals surface area contributed by atoms with Gasteiger partial charge in [0.05, 0.1) is 13.2 Å². The molecule has 7 nitrogen and oxygen atoms in total. The lowest BCUT2D eigenvalue weighted by molar-refractivity contribution is 0.0522. The van der Waals surface area contributed by atoms with Crippen LogP contribution >= 0.6 is 0 Å². The lowest BCUT2D eigenvalue weighted by atomic mass is 10.2. The van der Waals surface area contributed by atoms with Crippen molar-refractivity contribution in [1.82, 2.24) is 15.0 Å². The van der Waals surface area contributed by atoms with Crippen LogP contribution in [0.4, 0.5) is 5.69 Å². The Kier molecular flexibility index (Phi) is 5.15. The number of ether oxygens (including phenoxy) is 2. The zero-order valence-electron chi connectivity index (χ0n) is 13.9. The minimum atomic E-state index is -0.582. The summed E-state index contributed by atoms with van der Waals surface area (Å²) >= 11 is 0. The molecule has 0 atom stereocenters. The van der Waals surface area contributed by atoms with Crippen molar-refractivity contribution in [2.75, 3.05) is 6.61 Å². The summed E-state index contributed by atoms with van der Waals surface area (Å²) in [6.07, 6.45) is 4.62. The van der Waals surface area contributed by atoms with E-state index in [1.807, 2.05) is 0 Å². The average Bonchev–Trinajstić information content (AvgIpc) is 2.69. The molecule has 0 bridgehead atoms. The van der Waals surface area contributed by atoms with Gasteiger partial charge in [-0.05, 0) is 31.2 Å². The number of nitrogens with zero attached hydrogens (tertiary/aromatic N) is 4. The van der Waals surface area contributed by atoms with Gasteiger partial charge in [-0.15, -0.1) is 0 Å². The predicted molar refractivity (Wildman–Crippen MR) is 94.0 cm³/mol. The van der Waals surface area contributed by atoms with Crippen molar-refractivity contribution >= 4 is 11.7 Å². The molecular formula is C19H14N4O3. The van der Waals surface area contributed by atoms with Gasteiger partial charge in [-0.2, -0.15) is 4.98 Å². The molecule has 2 aromatic heterocycles. The van der Waals surface area contributed by atoms with Gasteiger partial charge in [0.2, 0.25) is 5.88 Å². The van der Waals surface area contributed by atoms with Crippen molar-refractivity contribution in [1.29, 1.82) is 0 Å². The van der Waals surface area contributed by atoms with E-state index in [4.69, 9.17) is 16.0 Å². The highest BCUT2D eigenvalue weighted by molar-refractivity contribution is 5.91. The fourth-order valence-corrected chi connectivity index (χ4v) is 2.16. The largest absolute Gasteiger partial charge is 0.462 e. The van der Waals surface area contributed by atoms with Crippen LogP contribution in [0.25, 0.3) is 16.2 Å². The van der Waals surface area contributed by atoms with Crippen LogP contribution < -0.4 is 4.74 Å². The highest BCUT2D eigenvalue weighted by Crippen LogP contribution is 2.28. The van der Waals surface area contributed by atoms with Gasteiger partial charge >= 0.3 is 5.97 Å². The second kappa shape index (κ2) is 7.85. The summed E-state index contributed by atoms with van der Waals surface area (Å²) in [4.78, 5) is 28.1. The van der Waals surface area contributed by atoms with E-state index in [-0.39, 0.29) is 18.1 Å². The van der Waals surface area contributed by atoms with Crippen molar-refractivity contribution in [2.45, 2.75) is 6.92 Å². The Labute approximate surface area is 150 Å². The molecule has 0 amide bonds. The van der Waals surface area contributed by atoms with Gasteiger partial charge < -0.3 is 9.47 Å². The molecule has 0 aliphatic heterocycles. The van der Waals surface area contributed by atoms with Crippen LogP contribution in [-0.4, -0.2) is 27.5 Å². The van der Waals surface area contributed by atoms with Gasteiger partial charge in [0.15, 0.2) is 11.5 Å². The fourth-order valence-electron chi connectivity index (χ4n) is 2.16. The van der Waals surface area contributed by atoms with Gasteiger partial charge in [0, 0.05) is 24.2 Å². The van der Waals surface area contributed by atoms with Crippen LogP contribution in [0.3, 0.4) is 0 Å². The summed E-state index contributed by atoms with van der Waals surface area (Å²) in [5.41, 5.74) is 1.21. The maximum atomic E-state index is 12.2. The van der Waals surface area contributed by atoms with Gasteiger partial charge in [0.1, 0.15) is 11.3 Å². The second-order valence-electron chi connectivity index (χ2n) is 5.09. The summed E-state index contributed by atoms with van der Waals surface area (Å²) in [6, 6.07) is 10.2. The SMILES string of the molecule is [C-]#[N+]c1cccc(Oc2nc(-c3cccnc3)ncc2C(=O)OCC)c1. The molecule has 0 spiro atoms. The van der Waals surface area contributed by atoms with Gasteiger partial charge in [-0.25, -0.2) is 14.6 Å². The molecule has 3 rings (SSSR count). The van der Waals surface area contributed by atoms with E-state index in [9.17, 15) is 4.79 Å². The van der Waals surface area contributed by atoms with Gasteiger partial charge in [0.25, 0.3) is 0 Å². The Hall–Kier alpha value is -3.79. The number of aromatic nitrogens is 3. The van der Waals surface area contributed by atoms with E-state index >= 15 is 0 Å². The summed E-state index contributed by atoms with van der Waals surface area (Å²) in [5.74, 6) is 0.225. The molecule has 0 radical (unpaired) electrons. The maximum absolute atomic E-state index is 12.2. The first-order valence-corrected chi connectivity index (χ1v) is 7.81. The van der Waals surface area contributed by atoms with Crippen LogP contribution in [0.2, 0.25) is 0 Å². The first-order chi connectivity index (χ1) is 12.7. The molecular weight excluding hydrogens is 332 g/mol. The molecule has 0 saturated heterocycles. The Morgan fingerprint density at radius 3 is 2.85 bits per heavy atom. The summed E-state index contributed by atoms with van der Waals surface area (Å²) in [5, 5.41) is 0. The van der Waals surface area contributed by atoms with Crippen LogP contribution in [0.5, 0.6) is 11.6 Å². The standard InChI is InChI=1S/C19H14N4O3/c1-3-25-19(24)16-12-22-17(13-6-5-9-21-11-13)23-18(16)26-15-8-4-7-14(10-15)20-2/h4-12H,3H2,1H3. The third-order valence-corrected chi connectivity index (χ3v) is 3.33. The van der Waals surface area contributed by atoms with Crippen LogP contribution in [-0.2, 0) is 4.74 Å². The Balaban J connectivity index is 2.03. The van der Waals surface area contributed by atoms with E-state index in [2.05, 4.69) is 19.8 Å². The molecule has 26 heavy (non-hydrogen) atoms. The number of hydrogen-bond acceptors (Lipinski definition) is 6. The smallest absolute Gasteiger partial charge is 0.345 e. The van der Waals surface area contributed by atoms with E-state index in [1.54, 1.807) is 55.7 Å². The molecule has 0 unspecified atom stereocenters. The molecule has 0 aliphatic carbocycles. The van der Waals surface area contributed by atoms with E-state index in [0.717, 1.165) is 0 Å². The zero-order chi connectivity index (χ0) is 18.4. The number of carbonyl (C=O) groups excluding carboxylic acids is 1. The van der Waals surface area contributed by atoms with Gasteiger partial charge in [-0.3, -0.25) is 4.98 Å². The lowest BCUT2D eigenvalue weighted by Crippen LogP contribution is -2.09. The number of rotatable bonds is 5. The highest BCUT2D eigenvalue weighted by atomic mass is 16.5. The number of hydrogen-bond donors (Lipinski definition) is 0. The molecule has 1 aromatic carbocycles. The van der Waals surface area contributed by atoms with Crippen molar-refractivity contribution in [2.24, 2.45) is 0 Å². The first-order valence-electron chi connectivity index (χ1n) is 7.81. The molecule has 0 N–H and O–H groups in total. The second-order valence-corrected chi connectivity index (χ2v) is 5.09. The van der Waals surface area contributed by atoms with E-state index in [1.165, 1.54) is 6.20 Å². The normalized spacial score (nSPS) is 10.0. The summed E-state index contributed by atoms with van der Waals surface area (Å²) in [7, 11) is 0. The third kappa shape index (κ3) is 3.82. The predicted octanol–water partition coefficient (Wildman–Crippen LogP) is 4.06. The van der Waals surface area contributed by atoms with Crippen LogP contribution in [0.15, 0.2) is 55.0 Å². The van der Waals surface area contributed by atoms with E-state index in [0.29, 0.717) is 22.8 Å². The van der Waals surface area contributed by atoms with Crippen molar-refractivity contribution in [3.05, 3.63) is 72.0 Å². The third-order valence-electron chi connectivity index (χ3n) is 3.33. The Morgan fingerprint density at radius 2 is 2.12 bits per heavy atom. The summed E-state index contributed by atoms with van der Waals surface area (Å²) < 4.78 is 10.8. The Bertz CT molecular complexity index is 968. The molecule has 0 saturated carbocycles. The minimum absolute atomic E-state index is 0.0550. The van der Waals surface area contributed by atoms with Crippen LogP contribution in [0.1, 0.15) is 17.3 Å². The quantitative estimate of drug-likeness (QED) is 0.512. The number of benzene rings is 1. The van der Waals surface area contributed by atoms with Crippen molar-refractivity contribution in [3.8, 4) is 23.0 Å². The first kappa shape index (κ1) is 17.0. The zero-order valence-corrected chi connectivity index (χ0v) is 13.9.